The fourth-order valence-corrected chi connectivity index (χ4v) is 1.85. The third kappa shape index (κ3) is 3.11. The van der Waals surface area contributed by atoms with Gasteiger partial charge in [-0.3, -0.25) is 0 Å². The number of benzene rings is 1. The van der Waals surface area contributed by atoms with Crippen molar-refractivity contribution in [2.75, 3.05) is 25.5 Å². The molecule has 0 aliphatic carbocycles. The minimum atomic E-state index is 0.365. The molecule has 2 heteroatoms. The zero-order valence-electron chi connectivity index (χ0n) is 10.7. The Balaban J connectivity index is 2.98. The first-order valence-corrected chi connectivity index (χ1v) is 5.68. The Labute approximate surface area is 99.0 Å². The third-order valence-corrected chi connectivity index (χ3v) is 2.75. The van der Waals surface area contributed by atoms with Crippen LogP contribution >= 0.6 is 0 Å². The van der Waals surface area contributed by atoms with Crippen molar-refractivity contribution in [3.8, 4) is 0 Å². The summed E-state index contributed by atoms with van der Waals surface area (Å²) < 4.78 is 0. The van der Waals surface area contributed by atoms with Gasteiger partial charge in [0.05, 0.1) is 0 Å². The Morgan fingerprint density at radius 2 is 2.06 bits per heavy atom. The first kappa shape index (κ1) is 12.8. The molecule has 1 N–H and O–H groups in total. The highest BCUT2D eigenvalue weighted by atomic mass is 15.1. The molecule has 88 valence electrons. The van der Waals surface area contributed by atoms with Crippen LogP contribution in [-0.4, -0.2) is 20.6 Å². The molecule has 1 aromatic rings. The average Bonchev–Trinajstić information content (AvgIpc) is 2.27. The number of anilines is 1. The van der Waals surface area contributed by atoms with Gasteiger partial charge in [-0.15, -0.1) is 0 Å². The molecule has 1 atom stereocenters. The second-order valence-electron chi connectivity index (χ2n) is 4.38. The van der Waals surface area contributed by atoms with Gasteiger partial charge in [0, 0.05) is 25.3 Å². The van der Waals surface area contributed by atoms with Gasteiger partial charge in [0.2, 0.25) is 0 Å². The molecular weight excluding hydrogens is 196 g/mol. The smallest absolute Gasteiger partial charge is 0.0414 e. The first-order valence-electron chi connectivity index (χ1n) is 5.68. The van der Waals surface area contributed by atoms with Crippen molar-refractivity contribution in [1.82, 2.24) is 5.32 Å². The van der Waals surface area contributed by atoms with E-state index >= 15 is 0 Å². The van der Waals surface area contributed by atoms with Gasteiger partial charge in [-0.2, -0.15) is 0 Å². The largest absolute Gasteiger partial charge is 0.370 e. The van der Waals surface area contributed by atoms with Crippen molar-refractivity contribution in [1.29, 1.82) is 0 Å². The summed E-state index contributed by atoms with van der Waals surface area (Å²) in [6.45, 7) is 9.08. The quantitative estimate of drug-likeness (QED) is 0.764. The van der Waals surface area contributed by atoms with Crippen molar-refractivity contribution in [3.05, 3.63) is 42.0 Å². The van der Waals surface area contributed by atoms with Crippen LogP contribution in [0.15, 0.2) is 36.4 Å². The summed E-state index contributed by atoms with van der Waals surface area (Å²) in [6.07, 6.45) is 0. The Hall–Kier alpha value is -1.28. The number of hydrogen-bond donors (Lipinski definition) is 1. The van der Waals surface area contributed by atoms with Gasteiger partial charge in [-0.25, -0.2) is 0 Å². The van der Waals surface area contributed by atoms with E-state index in [4.69, 9.17) is 0 Å². The standard InChI is InChI=1S/C14H22N2/c1-11(2)10-16(5)14-9-7-6-8-13(14)12(3)15-4/h6-9,12,15H,1,10H2,2-5H3. The SMILES string of the molecule is C=C(C)CN(C)c1ccccc1C(C)NC. The van der Waals surface area contributed by atoms with Crippen molar-refractivity contribution < 1.29 is 0 Å². The predicted molar refractivity (Wildman–Crippen MR) is 72.0 cm³/mol. The summed E-state index contributed by atoms with van der Waals surface area (Å²) in [6, 6.07) is 8.86. The lowest BCUT2D eigenvalue weighted by molar-refractivity contribution is 0.650. The van der Waals surface area contributed by atoms with E-state index in [0.717, 1.165) is 6.54 Å². The Bertz CT molecular complexity index is 358. The second kappa shape index (κ2) is 5.71. The minimum Gasteiger partial charge on any atom is -0.370 e. The molecule has 0 aliphatic heterocycles. The van der Waals surface area contributed by atoms with Crippen LogP contribution in [0.3, 0.4) is 0 Å². The van der Waals surface area contributed by atoms with Crippen LogP contribution in [0.1, 0.15) is 25.5 Å². The molecule has 0 aliphatic rings. The molecule has 2 nitrogen and oxygen atoms in total. The summed E-state index contributed by atoms with van der Waals surface area (Å²) in [5.74, 6) is 0. The van der Waals surface area contributed by atoms with Crippen LogP contribution in [-0.2, 0) is 0 Å². The molecule has 1 aromatic carbocycles. The van der Waals surface area contributed by atoms with Gasteiger partial charge in [-0.05, 0) is 32.5 Å². The van der Waals surface area contributed by atoms with E-state index in [1.807, 2.05) is 7.05 Å². The van der Waals surface area contributed by atoms with Gasteiger partial charge in [0.25, 0.3) is 0 Å². The molecule has 0 saturated heterocycles. The summed E-state index contributed by atoms with van der Waals surface area (Å²) >= 11 is 0. The molecule has 0 saturated carbocycles. The van der Waals surface area contributed by atoms with Gasteiger partial charge in [-0.1, -0.05) is 30.4 Å². The average molecular weight is 218 g/mol. The highest BCUT2D eigenvalue weighted by molar-refractivity contribution is 5.55. The molecule has 16 heavy (non-hydrogen) atoms. The van der Waals surface area contributed by atoms with E-state index < -0.39 is 0 Å². The number of likely N-dealkylation sites (N-methyl/N-ethyl adjacent to an activating group) is 1. The van der Waals surface area contributed by atoms with Crippen molar-refractivity contribution in [2.24, 2.45) is 0 Å². The predicted octanol–water partition coefficient (Wildman–Crippen LogP) is 2.98. The highest BCUT2D eigenvalue weighted by Gasteiger charge is 2.11. The lowest BCUT2D eigenvalue weighted by Crippen LogP contribution is -2.23. The van der Waals surface area contributed by atoms with Crippen LogP contribution in [0.25, 0.3) is 0 Å². The molecule has 0 radical (unpaired) electrons. The lowest BCUT2D eigenvalue weighted by atomic mass is 10.1. The molecular formula is C14H22N2. The maximum absolute atomic E-state index is 3.96. The second-order valence-corrected chi connectivity index (χ2v) is 4.38. The monoisotopic (exact) mass is 218 g/mol. The molecule has 0 aromatic heterocycles. The molecule has 0 amide bonds. The number of nitrogens with one attached hydrogen (secondary N) is 1. The van der Waals surface area contributed by atoms with E-state index in [0.29, 0.717) is 6.04 Å². The zero-order chi connectivity index (χ0) is 12.1. The summed E-state index contributed by atoms with van der Waals surface area (Å²) in [4.78, 5) is 2.24. The van der Waals surface area contributed by atoms with E-state index in [-0.39, 0.29) is 0 Å². The molecule has 0 heterocycles. The van der Waals surface area contributed by atoms with Gasteiger partial charge in [0.1, 0.15) is 0 Å². The summed E-state index contributed by atoms with van der Waals surface area (Å²) in [5, 5.41) is 3.28. The first-order chi connectivity index (χ1) is 7.56. The van der Waals surface area contributed by atoms with Crippen molar-refractivity contribution in [2.45, 2.75) is 19.9 Å². The van der Waals surface area contributed by atoms with Crippen LogP contribution in [0.4, 0.5) is 5.69 Å². The van der Waals surface area contributed by atoms with Gasteiger partial charge in [0.15, 0.2) is 0 Å². The number of para-hydroxylation sites is 1. The molecule has 1 rings (SSSR count). The number of nitrogens with zero attached hydrogens (tertiary/aromatic N) is 1. The van der Waals surface area contributed by atoms with Crippen molar-refractivity contribution >= 4 is 5.69 Å². The van der Waals surface area contributed by atoms with Gasteiger partial charge >= 0.3 is 0 Å². The third-order valence-electron chi connectivity index (χ3n) is 2.75. The Morgan fingerprint density at radius 3 is 2.62 bits per heavy atom. The number of rotatable bonds is 5. The van der Waals surface area contributed by atoms with Crippen LogP contribution < -0.4 is 10.2 Å². The lowest BCUT2D eigenvalue weighted by Gasteiger charge is -2.25. The van der Waals surface area contributed by atoms with E-state index in [1.165, 1.54) is 16.8 Å². The van der Waals surface area contributed by atoms with Crippen LogP contribution in [0.2, 0.25) is 0 Å². The van der Waals surface area contributed by atoms with E-state index in [1.54, 1.807) is 0 Å². The fourth-order valence-electron chi connectivity index (χ4n) is 1.85. The normalized spacial score (nSPS) is 12.2. The maximum Gasteiger partial charge on any atom is 0.0414 e. The molecule has 1 unspecified atom stereocenters. The Kier molecular flexibility index (Phi) is 4.56. The molecule has 0 spiro atoms. The van der Waals surface area contributed by atoms with Crippen molar-refractivity contribution in [3.63, 3.8) is 0 Å². The minimum absolute atomic E-state index is 0.365. The van der Waals surface area contributed by atoms with Crippen LogP contribution in [0.5, 0.6) is 0 Å². The molecule has 0 bridgehead atoms. The number of hydrogen-bond acceptors (Lipinski definition) is 2. The zero-order valence-corrected chi connectivity index (χ0v) is 10.7. The fraction of sp³-hybridized carbons (Fsp3) is 0.429. The summed E-state index contributed by atoms with van der Waals surface area (Å²) in [5.41, 5.74) is 3.77. The summed E-state index contributed by atoms with van der Waals surface area (Å²) in [7, 11) is 4.09. The van der Waals surface area contributed by atoms with E-state index in [2.05, 4.69) is 62.0 Å². The van der Waals surface area contributed by atoms with Gasteiger partial charge < -0.3 is 10.2 Å². The topological polar surface area (TPSA) is 15.3 Å². The van der Waals surface area contributed by atoms with Crippen LogP contribution in [0, 0.1) is 0 Å². The highest BCUT2D eigenvalue weighted by Crippen LogP contribution is 2.25. The van der Waals surface area contributed by atoms with E-state index in [9.17, 15) is 0 Å². The Morgan fingerprint density at radius 1 is 1.44 bits per heavy atom. The maximum atomic E-state index is 3.96. The molecule has 0 fully saturated rings.